The van der Waals surface area contributed by atoms with E-state index in [9.17, 15) is 13.7 Å². The summed E-state index contributed by atoms with van der Waals surface area (Å²) in [7, 11) is -3.97. The van der Waals surface area contributed by atoms with Crippen LogP contribution in [0.4, 0.5) is 0 Å². The summed E-state index contributed by atoms with van der Waals surface area (Å²) in [5.41, 5.74) is 2.83. The zero-order valence-corrected chi connectivity index (χ0v) is 18.9. The van der Waals surface area contributed by atoms with Crippen LogP contribution < -0.4 is 0 Å². The second-order valence-corrected chi connectivity index (χ2v) is 9.21. The van der Waals surface area contributed by atoms with Crippen molar-refractivity contribution in [1.82, 2.24) is 0 Å². The molecule has 0 amide bonds. The normalized spacial score (nSPS) is 13.2. The van der Waals surface area contributed by atoms with Crippen molar-refractivity contribution in [3.05, 3.63) is 102 Å². The molecule has 0 N–H and O–H groups in total. The lowest BCUT2D eigenvalue weighted by atomic mass is 9.93. The fourth-order valence-corrected chi connectivity index (χ4v) is 4.45. The van der Waals surface area contributed by atoms with Crippen LogP contribution in [0, 0.1) is 18.3 Å². The number of ether oxygens (including phenoxy) is 1. The van der Waals surface area contributed by atoms with Crippen LogP contribution in [-0.2, 0) is 25.6 Å². The molecule has 32 heavy (non-hydrogen) atoms. The molecule has 0 saturated heterocycles. The lowest BCUT2D eigenvalue weighted by molar-refractivity contribution is 0.0810. The standard InChI is InChI=1S/C26H27NO4S/c1-21-12-14-26(15-13-21)32(28,29)31-25(16-17-30-20-22-8-4-2-5-9-22)18-24(19-27)23-10-6-3-7-11-23/h2-15,24-25H,16-18,20H2,1H3. The summed E-state index contributed by atoms with van der Waals surface area (Å²) in [6.07, 6.45) is -0.0922. The Morgan fingerprint density at radius 3 is 2.16 bits per heavy atom. The van der Waals surface area contributed by atoms with Crippen LogP contribution in [0.5, 0.6) is 0 Å². The van der Waals surface area contributed by atoms with E-state index in [1.165, 1.54) is 12.1 Å². The molecule has 2 atom stereocenters. The largest absolute Gasteiger partial charge is 0.377 e. The maximum atomic E-state index is 12.9. The molecule has 0 spiro atoms. The van der Waals surface area contributed by atoms with Crippen molar-refractivity contribution in [2.24, 2.45) is 0 Å². The zero-order chi connectivity index (χ0) is 22.8. The van der Waals surface area contributed by atoms with Crippen LogP contribution in [-0.4, -0.2) is 21.1 Å². The van der Waals surface area contributed by atoms with Crippen LogP contribution in [0.15, 0.2) is 89.8 Å². The fraction of sp³-hybridized carbons (Fsp3) is 0.269. The number of nitriles is 1. The molecule has 0 heterocycles. The Morgan fingerprint density at radius 1 is 0.906 bits per heavy atom. The first-order valence-electron chi connectivity index (χ1n) is 10.5. The van der Waals surface area contributed by atoms with Gasteiger partial charge in [-0.15, -0.1) is 0 Å². The smallest absolute Gasteiger partial charge is 0.297 e. The van der Waals surface area contributed by atoms with Crippen molar-refractivity contribution < 1.29 is 17.3 Å². The Bertz CT molecular complexity index is 1110. The molecule has 2 unspecified atom stereocenters. The summed E-state index contributed by atoms with van der Waals surface area (Å²) in [5.74, 6) is -0.483. The third-order valence-corrected chi connectivity index (χ3v) is 6.50. The Morgan fingerprint density at radius 2 is 1.53 bits per heavy atom. The van der Waals surface area contributed by atoms with Crippen molar-refractivity contribution in [1.29, 1.82) is 5.26 Å². The minimum atomic E-state index is -3.97. The number of rotatable bonds is 11. The molecule has 0 bridgehead atoms. The lowest BCUT2D eigenvalue weighted by Crippen LogP contribution is -2.23. The van der Waals surface area contributed by atoms with Gasteiger partial charge in [-0.1, -0.05) is 78.4 Å². The SMILES string of the molecule is Cc1ccc(S(=O)(=O)OC(CCOCc2ccccc2)CC(C#N)c2ccccc2)cc1. The van der Waals surface area contributed by atoms with Gasteiger partial charge in [0.15, 0.2) is 0 Å². The predicted octanol–water partition coefficient (Wildman–Crippen LogP) is 5.37. The molecular formula is C26H27NO4S. The van der Waals surface area contributed by atoms with E-state index < -0.39 is 22.1 Å². The van der Waals surface area contributed by atoms with Gasteiger partial charge in [-0.3, -0.25) is 4.18 Å². The maximum absolute atomic E-state index is 12.9. The Hall–Kier alpha value is -2.98. The van der Waals surface area contributed by atoms with E-state index in [1.54, 1.807) is 12.1 Å². The number of hydrogen-bond acceptors (Lipinski definition) is 5. The van der Waals surface area contributed by atoms with E-state index in [0.717, 1.165) is 16.7 Å². The second-order valence-electron chi connectivity index (χ2n) is 7.64. The van der Waals surface area contributed by atoms with Gasteiger partial charge in [-0.05, 0) is 43.0 Å². The lowest BCUT2D eigenvalue weighted by Gasteiger charge is -2.20. The first kappa shape index (κ1) is 23.7. The summed E-state index contributed by atoms with van der Waals surface area (Å²) < 4.78 is 37.1. The van der Waals surface area contributed by atoms with Gasteiger partial charge in [0, 0.05) is 6.61 Å². The van der Waals surface area contributed by atoms with Crippen molar-refractivity contribution >= 4 is 10.1 Å². The predicted molar refractivity (Wildman–Crippen MR) is 123 cm³/mol. The highest BCUT2D eigenvalue weighted by atomic mass is 32.2. The van der Waals surface area contributed by atoms with Crippen LogP contribution in [0.2, 0.25) is 0 Å². The van der Waals surface area contributed by atoms with Gasteiger partial charge in [0.25, 0.3) is 10.1 Å². The number of nitrogens with zero attached hydrogens (tertiary/aromatic N) is 1. The molecule has 0 radical (unpaired) electrons. The van der Waals surface area contributed by atoms with Gasteiger partial charge in [0.2, 0.25) is 0 Å². The van der Waals surface area contributed by atoms with E-state index in [4.69, 9.17) is 8.92 Å². The van der Waals surface area contributed by atoms with Crippen molar-refractivity contribution in [2.45, 2.75) is 43.3 Å². The highest BCUT2D eigenvalue weighted by molar-refractivity contribution is 7.86. The van der Waals surface area contributed by atoms with Crippen molar-refractivity contribution in [3.8, 4) is 6.07 Å². The highest BCUT2D eigenvalue weighted by Crippen LogP contribution is 2.26. The van der Waals surface area contributed by atoms with Gasteiger partial charge >= 0.3 is 0 Å². The molecule has 166 valence electrons. The van der Waals surface area contributed by atoms with Crippen LogP contribution >= 0.6 is 0 Å². The molecule has 3 rings (SSSR count). The second kappa shape index (κ2) is 11.6. The molecule has 5 nitrogen and oxygen atoms in total. The minimum absolute atomic E-state index is 0.103. The molecule has 0 aliphatic heterocycles. The Balaban J connectivity index is 1.70. The van der Waals surface area contributed by atoms with E-state index in [1.807, 2.05) is 67.6 Å². The zero-order valence-electron chi connectivity index (χ0n) is 18.1. The Kier molecular flexibility index (Phi) is 8.57. The van der Waals surface area contributed by atoms with Gasteiger partial charge in [0.1, 0.15) is 0 Å². The number of benzene rings is 3. The molecule has 0 aliphatic rings. The third kappa shape index (κ3) is 7.03. The van der Waals surface area contributed by atoms with Gasteiger partial charge in [-0.2, -0.15) is 13.7 Å². The van der Waals surface area contributed by atoms with Crippen LogP contribution in [0.1, 0.15) is 35.4 Å². The molecule has 6 heteroatoms. The Labute approximate surface area is 190 Å². The summed E-state index contributed by atoms with van der Waals surface area (Å²) in [5, 5.41) is 9.71. The van der Waals surface area contributed by atoms with Crippen molar-refractivity contribution in [2.75, 3.05) is 6.61 Å². The molecule has 3 aromatic rings. The van der Waals surface area contributed by atoms with Gasteiger partial charge in [-0.25, -0.2) is 0 Å². The summed E-state index contributed by atoms with van der Waals surface area (Å²) in [4.78, 5) is 0.103. The average Bonchev–Trinajstić information content (AvgIpc) is 2.81. The minimum Gasteiger partial charge on any atom is -0.377 e. The number of hydrogen-bond donors (Lipinski definition) is 0. The van der Waals surface area contributed by atoms with E-state index in [2.05, 4.69) is 6.07 Å². The van der Waals surface area contributed by atoms with Gasteiger partial charge < -0.3 is 4.74 Å². The van der Waals surface area contributed by atoms with Crippen LogP contribution in [0.25, 0.3) is 0 Å². The molecule has 0 aliphatic carbocycles. The molecular weight excluding hydrogens is 422 g/mol. The molecule has 0 fully saturated rings. The van der Waals surface area contributed by atoms with Gasteiger partial charge in [0.05, 0.1) is 29.6 Å². The van der Waals surface area contributed by atoms with Crippen LogP contribution in [0.3, 0.4) is 0 Å². The average molecular weight is 450 g/mol. The molecule has 0 saturated carbocycles. The van der Waals surface area contributed by atoms with E-state index in [-0.39, 0.29) is 11.3 Å². The van der Waals surface area contributed by atoms with Crippen molar-refractivity contribution in [3.63, 3.8) is 0 Å². The summed E-state index contributed by atoms with van der Waals surface area (Å²) >= 11 is 0. The first-order valence-corrected chi connectivity index (χ1v) is 11.9. The quantitative estimate of drug-likeness (QED) is 0.290. The summed E-state index contributed by atoms with van der Waals surface area (Å²) in [6, 6.07) is 27.9. The molecule has 3 aromatic carbocycles. The van der Waals surface area contributed by atoms with E-state index >= 15 is 0 Å². The third-order valence-electron chi connectivity index (χ3n) is 5.12. The fourth-order valence-electron chi connectivity index (χ4n) is 3.34. The first-order chi connectivity index (χ1) is 15.5. The molecule has 0 aromatic heterocycles. The highest BCUT2D eigenvalue weighted by Gasteiger charge is 2.25. The number of aryl methyl sites for hydroxylation is 1. The summed E-state index contributed by atoms with van der Waals surface area (Å²) in [6.45, 7) is 2.63. The van der Waals surface area contributed by atoms with E-state index in [0.29, 0.717) is 19.6 Å². The topological polar surface area (TPSA) is 76.4 Å². The monoisotopic (exact) mass is 449 g/mol. The maximum Gasteiger partial charge on any atom is 0.297 e.